The lowest BCUT2D eigenvalue weighted by Gasteiger charge is -2.36. The van der Waals surface area contributed by atoms with Gasteiger partial charge in [0.25, 0.3) is 0 Å². The summed E-state index contributed by atoms with van der Waals surface area (Å²) in [5, 5.41) is 10.8. The highest BCUT2D eigenvalue weighted by atomic mass is 16.4. The molecule has 1 saturated carbocycles. The lowest BCUT2D eigenvalue weighted by Crippen LogP contribution is -2.54. The molecule has 138 valence electrons. The maximum atomic E-state index is 12.3. The first-order chi connectivity index (χ1) is 12.1. The van der Waals surface area contributed by atoms with Crippen molar-refractivity contribution in [3.63, 3.8) is 0 Å². The Balaban J connectivity index is 1.38. The molecule has 2 aliphatic rings. The van der Waals surface area contributed by atoms with Crippen LogP contribution in [0.25, 0.3) is 0 Å². The van der Waals surface area contributed by atoms with Gasteiger partial charge in [0, 0.05) is 52.0 Å². The number of aromatic nitrogens is 2. The third-order valence-electron chi connectivity index (χ3n) is 4.97. The van der Waals surface area contributed by atoms with E-state index in [-0.39, 0.29) is 11.9 Å². The molecule has 1 aromatic heterocycles. The predicted molar refractivity (Wildman–Crippen MR) is 90.9 cm³/mol. The van der Waals surface area contributed by atoms with E-state index in [2.05, 4.69) is 15.5 Å². The first-order valence-electron chi connectivity index (χ1n) is 9.24. The lowest BCUT2D eigenvalue weighted by molar-refractivity contribution is -0.132. The number of hydrogen-bond acceptors (Lipinski definition) is 5. The first-order valence-corrected chi connectivity index (χ1v) is 9.24. The fraction of sp³-hybridized carbons (Fsp3) is 0.765. The van der Waals surface area contributed by atoms with Gasteiger partial charge < -0.3 is 19.5 Å². The van der Waals surface area contributed by atoms with Crippen molar-refractivity contribution in [3.8, 4) is 0 Å². The highest BCUT2D eigenvalue weighted by Crippen LogP contribution is 2.18. The van der Waals surface area contributed by atoms with Crippen LogP contribution in [0.15, 0.2) is 4.42 Å². The zero-order valence-electron chi connectivity index (χ0n) is 14.9. The fourth-order valence-electron chi connectivity index (χ4n) is 3.48. The Morgan fingerprint density at radius 3 is 2.40 bits per heavy atom. The fourth-order valence-corrected chi connectivity index (χ4v) is 3.48. The van der Waals surface area contributed by atoms with E-state index in [1.54, 1.807) is 6.92 Å². The van der Waals surface area contributed by atoms with Gasteiger partial charge in [-0.1, -0.05) is 19.3 Å². The second kappa shape index (κ2) is 8.31. The molecule has 25 heavy (non-hydrogen) atoms. The molecular weight excluding hydrogens is 322 g/mol. The Hall–Kier alpha value is -2.12. The number of nitrogens with zero attached hydrogens (tertiary/aromatic N) is 4. The van der Waals surface area contributed by atoms with Crippen LogP contribution in [0.2, 0.25) is 0 Å². The van der Waals surface area contributed by atoms with E-state index in [0.717, 1.165) is 12.8 Å². The van der Waals surface area contributed by atoms with Crippen molar-refractivity contribution in [2.24, 2.45) is 0 Å². The summed E-state index contributed by atoms with van der Waals surface area (Å²) in [5.41, 5.74) is 0. The maximum Gasteiger partial charge on any atom is 0.317 e. The van der Waals surface area contributed by atoms with Crippen LogP contribution in [-0.4, -0.2) is 64.2 Å². The van der Waals surface area contributed by atoms with Gasteiger partial charge in [-0.3, -0.25) is 4.79 Å². The smallest absolute Gasteiger partial charge is 0.317 e. The summed E-state index contributed by atoms with van der Waals surface area (Å²) in [6.07, 6.45) is 6.66. The molecule has 1 aliphatic carbocycles. The van der Waals surface area contributed by atoms with E-state index in [4.69, 9.17) is 4.42 Å². The van der Waals surface area contributed by atoms with E-state index < -0.39 is 0 Å². The molecule has 2 fully saturated rings. The van der Waals surface area contributed by atoms with Crippen LogP contribution in [0, 0.1) is 6.92 Å². The van der Waals surface area contributed by atoms with E-state index in [9.17, 15) is 9.59 Å². The topological polar surface area (TPSA) is 91.6 Å². The summed E-state index contributed by atoms with van der Waals surface area (Å²) in [6, 6.07) is 0.333. The third kappa shape index (κ3) is 4.93. The summed E-state index contributed by atoms with van der Waals surface area (Å²) >= 11 is 0. The second-order valence-electron chi connectivity index (χ2n) is 6.87. The van der Waals surface area contributed by atoms with Crippen LogP contribution in [-0.2, 0) is 11.2 Å². The molecule has 0 spiro atoms. The lowest BCUT2D eigenvalue weighted by atomic mass is 9.96. The van der Waals surface area contributed by atoms with Gasteiger partial charge in [-0.15, -0.1) is 10.2 Å². The zero-order chi connectivity index (χ0) is 17.6. The number of hydrogen-bond donors (Lipinski definition) is 1. The van der Waals surface area contributed by atoms with Crippen molar-refractivity contribution in [3.05, 3.63) is 11.8 Å². The van der Waals surface area contributed by atoms with Crippen molar-refractivity contribution in [2.45, 2.75) is 57.9 Å². The summed E-state index contributed by atoms with van der Waals surface area (Å²) in [5.74, 6) is 1.08. The van der Waals surface area contributed by atoms with Gasteiger partial charge >= 0.3 is 6.03 Å². The van der Waals surface area contributed by atoms with E-state index in [1.807, 2.05) is 9.80 Å². The Morgan fingerprint density at radius 2 is 1.76 bits per heavy atom. The Bertz CT molecular complexity index is 589. The number of rotatable bonds is 4. The Morgan fingerprint density at radius 1 is 1.08 bits per heavy atom. The van der Waals surface area contributed by atoms with Crippen LogP contribution < -0.4 is 5.32 Å². The standard InChI is InChI=1S/C17H27N5O3/c1-13-19-20-15(25-13)7-8-16(23)21-9-11-22(12-10-21)17(24)18-14-5-3-2-4-6-14/h14H,2-12H2,1H3,(H,18,24). The van der Waals surface area contributed by atoms with Gasteiger partial charge in [0.1, 0.15) is 0 Å². The largest absolute Gasteiger partial charge is 0.426 e. The number of nitrogens with one attached hydrogen (secondary N) is 1. The molecule has 2 heterocycles. The minimum Gasteiger partial charge on any atom is -0.426 e. The minimum atomic E-state index is 0.0142. The van der Waals surface area contributed by atoms with E-state index in [0.29, 0.717) is 56.8 Å². The number of piperazine rings is 1. The molecule has 0 bridgehead atoms. The molecule has 3 rings (SSSR count). The van der Waals surface area contributed by atoms with Crippen molar-refractivity contribution < 1.29 is 14.0 Å². The van der Waals surface area contributed by atoms with E-state index in [1.165, 1.54) is 19.3 Å². The number of amides is 3. The number of aryl methyl sites for hydroxylation is 2. The van der Waals surface area contributed by atoms with Crippen molar-refractivity contribution in [2.75, 3.05) is 26.2 Å². The van der Waals surface area contributed by atoms with Crippen LogP contribution >= 0.6 is 0 Å². The van der Waals surface area contributed by atoms with Crippen LogP contribution in [0.5, 0.6) is 0 Å². The van der Waals surface area contributed by atoms with E-state index >= 15 is 0 Å². The predicted octanol–water partition coefficient (Wildman–Crippen LogP) is 1.50. The average Bonchev–Trinajstić information content (AvgIpc) is 3.06. The van der Waals surface area contributed by atoms with Crippen LogP contribution in [0.1, 0.15) is 50.3 Å². The summed E-state index contributed by atoms with van der Waals surface area (Å²) in [7, 11) is 0. The first kappa shape index (κ1) is 17.7. The average molecular weight is 349 g/mol. The van der Waals surface area contributed by atoms with Gasteiger partial charge in [-0.2, -0.15) is 0 Å². The monoisotopic (exact) mass is 349 g/mol. The van der Waals surface area contributed by atoms with Crippen LogP contribution in [0.4, 0.5) is 4.79 Å². The van der Waals surface area contributed by atoms with Crippen LogP contribution in [0.3, 0.4) is 0 Å². The normalized spacial score (nSPS) is 19.1. The molecule has 0 atom stereocenters. The molecule has 1 aromatic rings. The van der Waals surface area contributed by atoms with Gasteiger partial charge in [0.05, 0.1) is 0 Å². The Kier molecular flexibility index (Phi) is 5.88. The Labute approximate surface area is 147 Å². The molecule has 8 heteroatoms. The van der Waals surface area contributed by atoms with Crippen molar-refractivity contribution >= 4 is 11.9 Å². The van der Waals surface area contributed by atoms with Gasteiger partial charge in [0.15, 0.2) is 0 Å². The van der Waals surface area contributed by atoms with Gasteiger partial charge in [0.2, 0.25) is 17.7 Å². The molecule has 1 aliphatic heterocycles. The number of carbonyl (C=O) groups excluding carboxylic acids is 2. The third-order valence-corrected chi connectivity index (χ3v) is 4.97. The summed E-state index contributed by atoms with van der Waals surface area (Å²) in [4.78, 5) is 28.3. The second-order valence-corrected chi connectivity index (χ2v) is 6.87. The number of carbonyl (C=O) groups is 2. The molecule has 0 unspecified atom stereocenters. The van der Waals surface area contributed by atoms with Gasteiger partial charge in [-0.05, 0) is 12.8 Å². The quantitative estimate of drug-likeness (QED) is 0.889. The zero-order valence-corrected chi connectivity index (χ0v) is 14.9. The minimum absolute atomic E-state index is 0.0142. The maximum absolute atomic E-state index is 12.3. The molecule has 1 N–H and O–H groups in total. The van der Waals surface area contributed by atoms with Gasteiger partial charge in [-0.25, -0.2) is 4.79 Å². The molecule has 3 amide bonds. The highest BCUT2D eigenvalue weighted by molar-refractivity contribution is 5.78. The molecule has 8 nitrogen and oxygen atoms in total. The summed E-state index contributed by atoms with van der Waals surface area (Å²) in [6.45, 7) is 4.07. The van der Waals surface area contributed by atoms with Crippen molar-refractivity contribution in [1.29, 1.82) is 0 Å². The highest BCUT2D eigenvalue weighted by Gasteiger charge is 2.26. The van der Waals surface area contributed by atoms with Crippen molar-refractivity contribution in [1.82, 2.24) is 25.3 Å². The SMILES string of the molecule is Cc1nnc(CCC(=O)N2CCN(C(=O)NC3CCCCC3)CC2)o1. The summed E-state index contributed by atoms with van der Waals surface area (Å²) < 4.78 is 5.29. The number of urea groups is 1. The molecule has 1 saturated heterocycles. The molecule has 0 aromatic carbocycles. The molecular formula is C17H27N5O3. The molecule has 0 radical (unpaired) electrons.